The van der Waals surface area contributed by atoms with E-state index in [1.54, 1.807) is 0 Å². The predicted molar refractivity (Wildman–Crippen MR) is 82.8 cm³/mol. The number of hydrogen-bond donors (Lipinski definition) is 2. The van der Waals surface area contributed by atoms with Gasteiger partial charge in [-0.05, 0) is 6.42 Å². The molecule has 0 aliphatic heterocycles. The molecule has 0 aromatic carbocycles. The van der Waals surface area contributed by atoms with Gasteiger partial charge in [0, 0.05) is 25.7 Å². The van der Waals surface area contributed by atoms with Crippen LogP contribution in [0.1, 0.15) is 77.5 Å². The Morgan fingerprint density at radius 3 is 2.05 bits per heavy atom. The van der Waals surface area contributed by atoms with Crippen molar-refractivity contribution >= 4 is 5.97 Å². The van der Waals surface area contributed by atoms with Gasteiger partial charge in [0.15, 0.2) is 0 Å². The standard InChI is InChI=1S/C14H26N2.C2H4O2/c1-2-3-4-5-6-7-8-9-10-11-14-15-12-13-16-14;1-2(3)4/h12-13H,2-11H2,1H3,(H,15,16);1H3,(H,3,4). The molecule has 0 spiro atoms. The number of nitrogens with zero attached hydrogens (tertiary/aromatic N) is 1. The van der Waals surface area contributed by atoms with Gasteiger partial charge in [-0.25, -0.2) is 4.98 Å². The molecule has 2 N–H and O–H groups in total. The fraction of sp³-hybridized carbons (Fsp3) is 0.750. The number of imidazole rings is 1. The molecule has 0 saturated heterocycles. The highest BCUT2D eigenvalue weighted by Crippen LogP contribution is 2.10. The molecule has 1 aromatic heterocycles. The normalized spacial score (nSPS) is 9.90. The van der Waals surface area contributed by atoms with Gasteiger partial charge in [0.25, 0.3) is 5.97 Å². The number of aromatic amines is 1. The van der Waals surface area contributed by atoms with E-state index in [1.165, 1.54) is 57.8 Å². The average molecular weight is 282 g/mol. The largest absolute Gasteiger partial charge is 0.481 e. The van der Waals surface area contributed by atoms with E-state index in [1.807, 2.05) is 12.4 Å². The molecule has 20 heavy (non-hydrogen) atoms. The van der Waals surface area contributed by atoms with E-state index >= 15 is 0 Å². The summed E-state index contributed by atoms with van der Waals surface area (Å²) in [7, 11) is 0. The van der Waals surface area contributed by atoms with Crippen LogP contribution in [0.5, 0.6) is 0 Å². The van der Waals surface area contributed by atoms with Crippen molar-refractivity contribution in [3.8, 4) is 0 Å². The summed E-state index contributed by atoms with van der Waals surface area (Å²) in [6, 6.07) is 0. The third-order valence-corrected chi connectivity index (χ3v) is 3.07. The first-order valence-electron chi connectivity index (χ1n) is 7.84. The number of aromatic nitrogens is 2. The van der Waals surface area contributed by atoms with E-state index in [0.29, 0.717) is 0 Å². The van der Waals surface area contributed by atoms with E-state index in [9.17, 15) is 0 Å². The summed E-state index contributed by atoms with van der Waals surface area (Å²) < 4.78 is 0. The lowest BCUT2D eigenvalue weighted by molar-refractivity contribution is -0.134. The summed E-state index contributed by atoms with van der Waals surface area (Å²) >= 11 is 0. The molecule has 1 rings (SSSR count). The number of aliphatic carboxylic acids is 1. The Morgan fingerprint density at radius 2 is 1.60 bits per heavy atom. The maximum Gasteiger partial charge on any atom is 0.300 e. The lowest BCUT2D eigenvalue weighted by Gasteiger charge is -2.01. The Morgan fingerprint density at radius 1 is 1.10 bits per heavy atom. The Hall–Kier alpha value is -1.32. The van der Waals surface area contributed by atoms with Crippen molar-refractivity contribution in [1.82, 2.24) is 9.97 Å². The molecule has 0 aliphatic carbocycles. The predicted octanol–water partition coefficient (Wildman–Crippen LogP) is 4.57. The van der Waals surface area contributed by atoms with Crippen molar-refractivity contribution in [2.24, 2.45) is 0 Å². The lowest BCUT2D eigenvalue weighted by Crippen LogP contribution is -1.88. The van der Waals surface area contributed by atoms with Crippen molar-refractivity contribution in [3.05, 3.63) is 18.2 Å². The molecule has 0 amide bonds. The third kappa shape index (κ3) is 14.7. The Bertz CT molecular complexity index is 306. The first-order valence-corrected chi connectivity index (χ1v) is 7.84. The molecule has 116 valence electrons. The quantitative estimate of drug-likeness (QED) is 0.617. The minimum atomic E-state index is -0.833. The maximum atomic E-state index is 9.00. The minimum absolute atomic E-state index is 0.833. The van der Waals surface area contributed by atoms with Crippen LogP contribution in [0, 0.1) is 0 Å². The highest BCUT2D eigenvalue weighted by molar-refractivity contribution is 5.62. The summed E-state index contributed by atoms with van der Waals surface area (Å²) in [5.74, 6) is 0.308. The average Bonchev–Trinajstić information content (AvgIpc) is 2.89. The SMILES string of the molecule is CC(=O)O.CCCCCCCCCCCc1ncc[nH]1. The number of unbranched alkanes of at least 4 members (excludes halogenated alkanes) is 8. The van der Waals surface area contributed by atoms with Crippen LogP contribution in [0.3, 0.4) is 0 Å². The maximum absolute atomic E-state index is 9.00. The number of carboxylic acids is 1. The summed E-state index contributed by atoms with van der Waals surface area (Å²) in [5.41, 5.74) is 0. The number of rotatable bonds is 10. The molecule has 4 heteroatoms. The third-order valence-electron chi connectivity index (χ3n) is 3.07. The van der Waals surface area contributed by atoms with Crippen LogP contribution in [0.2, 0.25) is 0 Å². The second-order valence-electron chi connectivity index (χ2n) is 5.13. The summed E-state index contributed by atoms with van der Waals surface area (Å²) in [6.45, 7) is 3.36. The lowest BCUT2D eigenvalue weighted by atomic mass is 10.1. The van der Waals surface area contributed by atoms with Crippen LogP contribution < -0.4 is 0 Å². The van der Waals surface area contributed by atoms with Gasteiger partial charge in [-0.3, -0.25) is 4.79 Å². The topological polar surface area (TPSA) is 66.0 Å². The highest BCUT2D eigenvalue weighted by Gasteiger charge is 1.95. The van der Waals surface area contributed by atoms with Gasteiger partial charge in [-0.15, -0.1) is 0 Å². The number of carbonyl (C=O) groups is 1. The smallest absolute Gasteiger partial charge is 0.300 e. The number of nitrogens with one attached hydrogen (secondary N) is 1. The molecule has 0 atom stereocenters. The zero-order chi connectivity index (χ0) is 15.1. The van der Waals surface area contributed by atoms with Crippen molar-refractivity contribution in [1.29, 1.82) is 0 Å². The van der Waals surface area contributed by atoms with Crippen LogP contribution in [-0.4, -0.2) is 21.0 Å². The van der Waals surface area contributed by atoms with Gasteiger partial charge >= 0.3 is 0 Å². The first-order chi connectivity index (χ1) is 9.66. The molecular formula is C16H30N2O2. The van der Waals surface area contributed by atoms with Crippen LogP contribution in [-0.2, 0) is 11.2 Å². The van der Waals surface area contributed by atoms with Crippen molar-refractivity contribution in [2.75, 3.05) is 0 Å². The van der Waals surface area contributed by atoms with Crippen LogP contribution in [0.25, 0.3) is 0 Å². The molecule has 0 unspecified atom stereocenters. The van der Waals surface area contributed by atoms with Gasteiger partial charge in [0.05, 0.1) is 0 Å². The summed E-state index contributed by atoms with van der Waals surface area (Å²) in [5, 5.41) is 7.42. The Balaban J connectivity index is 0.000000796. The van der Waals surface area contributed by atoms with Crippen LogP contribution in [0.4, 0.5) is 0 Å². The molecular weight excluding hydrogens is 252 g/mol. The summed E-state index contributed by atoms with van der Waals surface area (Å²) in [6.07, 6.45) is 17.4. The van der Waals surface area contributed by atoms with Crippen molar-refractivity contribution in [3.63, 3.8) is 0 Å². The second-order valence-corrected chi connectivity index (χ2v) is 5.13. The minimum Gasteiger partial charge on any atom is -0.481 e. The van der Waals surface area contributed by atoms with E-state index in [4.69, 9.17) is 9.90 Å². The number of carboxylic acid groups (broad SMARTS) is 1. The van der Waals surface area contributed by atoms with Crippen LogP contribution >= 0.6 is 0 Å². The van der Waals surface area contributed by atoms with E-state index in [0.717, 1.165) is 19.2 Å². The van der Waals surface area contributed by atoms with Crippen LogP contribution in [0.15, 0.2) is 12.4 Å². The van der Waals surface area contributed by atoms with Crippen molar-refractivity contribution in [2.45, 2.75) is 78.1 Å². The van der Waals surface area contributed by atoms with Gasteiger partial charge in [-0.1, -0.05) is 58.3 Å². The molecule has 1 heterocycles. The highest BCUT2D eigenvalue weighted by atomic mass is 16.4. The molecule has 0 fully saturated rings. The first kappa shape index (κ1) is 18.7. The van der Waals surface area contributed by atoms with Gasteiger partial charge < -0.3 is 10.1 Å². The van der Waals surface area contributed by atoms with E-state index in [2.05, 4.69) is 16.9 Å². The molecule has 0 aliphatic rings. The molecule has 0 saturated carbocycles. The second kappa shape index (κ2) is 14.1. The van der Waals surface area contributed by atoms with Gasteiger partial charge in [-0.2, -0.15) is 0 Å². The van der Waals surface area contributed by atoms with Gasteiger partial charge in [0.2, 0.25) is 0 Å². The fourth-order valence-corrected chi connectivity index (χ4v) is 2.04. The van der Waals surface area contributed by atoms with Crippen molar-refractivity contribution < 1.29 is 9.90 Å². The van der Waals surface area contributed by atoms with Gasteiger partial charge in [0.1, 0.15) is 5.82 Å². The number of H-pyrrole nitrogens is 1. The zero-order valence-electron chi connectivity index (χ0n) is 13.0. The van der Waals surface area contributed by atoms with E-state index < -0.39 is 5.97 Å². The zero-order valence-corrected chi connectivity index (χ0v) is 13.0. The fourth-order valence-electron chi connectivity index (χ4n) is 2.04. The number of aryl methyl sites for hydroxylation is 1. The Kier molecular flexibility index (Phi) is 13.2. The summed E-state index contributed by atoms with van der Waals surface area (Å²) in [4.78, 5) is 16.4. The molecule has 4 nitrogen and oxygen atoms in total. The van der Waals surface area contributed by atoms with E-state index in [-0.39, 0.29) is 0 Å². The molecule has 0 bridgehead atoms. The Labute approximate surface area is 123 Å². The number of hydrogen-bond acceptors (Lipinski definition) is 2. The molecule has 1 aromatic rings. The monoisotopic (exact) mass is 282 g/mol. The molecule has 0 radical (unpaired) electrons.